The van der Waals surface area contributed by atoms with Crippen molar-refractivity contribution in [3.63, 3.8) is 0 Å². The van der Waals surface area contributed by atoms with Crippen LogP contribution in [0, 0.1) is 0 Å². The summed E-state index contributed by atoms with van der Waals surface area (Å²) in [4.78, 5) is 0. The molecule has 3 heteroatoms. The lowest BCUT2D eigenvalue weighted by Crippen LogP contribution is -2.03. The maximum Gasteiger partial charge on any atom is 0.139 e. The smallest absolute Gasteiger partial charge is 0.139 e. The van der Waals surface area contributed by atoms with Crippen LogP contribution in [-0.2, 0) is 6.54 Å². The third kappa shape index (κ3) is 1.49. The van der Waals surface area contributed by atoms with Gasteiger partial charge in [0.1, 0.15) is 5.75 Å². The van der Waals surface area contributed by atoms with Gasteiger partial charge in [0.25, 0.3) is 0 Å². The fraction of sp³-hybridized carbons (Fsp3) is 0.333. The number of phenolic OH excluding ortho intramolecular Hbond substituents is 1. The van der Waals surface area contributed by atoms with Gasteiger partial charge < -0.3 is 14.8 Å². The first kappa shape index (κ1) is 10.1. The third-order valence-electron chi connectivity index (χ3n) is 2.68. The van der Waals surface area contributed by atoms with Crippen LogP contribution in [0.3, 0.4) is 0 Å². The predicted molar refractivity (Wildman–Crippen MR) is 59.9 cm³/mol. The van der Waals surface area contributed by atoms with Crippen molar-refractivity contribution in [3.8, 4) is 5.75 Å². The number of phenols is 1. The van der Waals surface area contributed by atoms with Crippen molar-refractivity contribution in [2.24, 2.45) is 0 Å². The van der Waals surface area contributed by atoms with Crippen molar-refractivity contribution in [2.45, 2.75) is 26.5 Å². The van der Waals surface area contributed by atoms with Gasteiger partial charge in [0, 0.05) is 17.6 Å². The lowest BCUT2D eigenvalue weighted by atomic mass is 10.2. The summed E-state index contributed by atoms with van der Waals surface area (Å²) < 4.78 is 1.94. The minimum absolute atomic E-state index is 0.265. The van der Waals surface area contributed by atoms with Crippen molar-refractivity contribution >= 4 is 10.9 Å². The minimum Gasteiger partial charge on any atom is -0.506 e. The van der Waals surface area contributed by atoms with Gasteiger partial charge in [-0.3, -0.25) is 0 Å². The van der Waals surface area contributed by atoms with Crippen LogP contribution < -0.4 is 0 Å². The van der Waals surface area contributed by atoms with Crippen molar-refractivity contribution in [3.05, 3.63) is 30.0 Å². The molecule has 0 spiro atoms. The van der Waals surface area contributed by atoms with E-state index in [-0.39, 0.29) is 5.75 Å². The molecule has 0 aliphatic heterocycles. The highest BCUT2D eigenvalue weighted by molar-refractivity contribution is 5.86. The van der Waals surface area contributed by atoms with E-state index in [1.165, 1.54) is 0 Å². The van der Waals surface area contributed by atoms with E-state index in [2.05, 4.69) is 0 Å². The average Bonchev–Trinajstić information content (AvgIpc) is 2.57. The lowest BCUT2D eigenvalue weighted by Gasteiger charge is -2.10. The molecular formula is C12H15NO2. The fourth-order valence-corrected chi connectivity index (χ4v) is 2.01. The monoisotopic (exact) mass is 205 g/mol. The van der Waals surface area contributed by atoms with E-state index >= 15 is 0 Å². The molecule has 0 bridgehead atoms. The molecule has 1 aromatic carbocycles. The molecule has 1 unspecified atom stereocenters. The first-order valence-corrected chi connectivity index (χ1v) is 5.14. The van der Waals surface area contributed by atoms with Gasteiger partial charge in [-0.2, -0.15) is 0 Å². The second kappa shape index (κ2) is 3.59. The first-order valence-electron chi connectivity index (χ1n) is 5.14. The van der Waals surface area contributed by atoms with Gasteiger partial charge >= 0.3 is 0 Å². The summed E-state index contributed by atoms with van der Waals surface area (Å²) in [6, 6.07) is 7.33. The van der Waals surface area contributed by atoms with Crippen LogP contribution in [0.4, 0.5) is 0 Å². The average molecular weight is 205 g/mol. The zero-order valence-corrected chi connectivity index (χ0v) is 8.94. The van der Waals surface area contributed by atoms with Crippen molar-refractivity contribution in [1.82, 2.24) is 4.57 Å². The highest BCUT2D eigenvalue weighted by atomic mass is 16.3. The number of para-hydroxylation sites is 1. The van der Waals surface area contributed by atoms with Gasteiger partial charge in [-0.05, 0) is 26.0 Å². The maximum atomic E-state index is 9.78. The number of aliphatic hydroxyl groups is 1. The molecule has 80 valence electrons. The second-order valence-electron chi connectivity index (χ2n) is 3.70. The van der Waals surface area contributed by atoms with E-state index in [9.17, 15) is 10.2 Å². The van der Waals surface area contributed by atoms with Gasteiger partial charge in [0.05, 0.1) is 11.6 Å². The number of aromatic hydroxyl groups is 1. The van der Waals surface area contributed by atoms with Crippen LogP contribution in [0.2, 0.25) is 0 Å². The quantitative estimate of drug-likeness (QED) is 0.790. The first-order chi connectivity index (χ1) is 7.15. The molecule has 0 aliphatic carbocycles. The van der Waals surface area contributed by atoms with Crippen molar-refractivity contribution in [1.29, 1.82) is 0 Å². The molecule has 3 nitrogen and oxygen atoms in total. The Bertz CT molecular complexity index is 486. The minimum atomic E-state index is -0.517. The van der Waals surface area contributed by atoms with Crippen LogP contribution in [0.15, 0.2) is 24.3 Å². The summed E-state index contributed by atoms with van der Waals surface area (Å²) in [6.45, 7) is 4.47. The number of hydrogen-bond donors (Lipinski definition) is 2. The lowest BCUT2D eigenvalue weighted by molar-refractivity contribution is 0.190. The van der Waals surface area contributed by atoms with Gasteiger partial charge in [-0.15, -0.1) is 0 Å². The normalized spacial score (nSPS) is 13.3. The molecular weight excluding hydrogens is 190 g/mol. The van der Waals surface area contributed by atoms with E-state index in [0.29, 0.717) is 0 Å². The van der Waals surface area contributed by atoms with E-state index in [4.69, 9.17) is 0 Å². The molecule has 1 heterocycles. The fourth-order valence-electron chi connectivity index (χ4n) is 2.01. The number of aliphatic hydroxyl groups excluding tert-OH is 1. The molecule has 2 aromatic rings. The van der Waals surface area contributed by atoms with Gasteiger partial charge in [-0.1, -0.05) is 12.1 Å². The Morgan fingerprint density at radius 2 is 2.13 bits per heavy atom. The van der Waals surface area contributed by atoms with E-state index in [1.807, 2.05) is 29.7 Å². The van der Waals surface area contributed by atoms with E-state index < -0.39 is 6.10 Å². The summed E-state index contributed by atoms with van der Waals surface area (Å²) in [7, 11) is 0. The molecule has 0 radical (unpaired) electrons. The number of aryl methyl sites for hydroxylation is 1. The molecule has 15 heavy (non-hydrogen) atoms. The van der Waals surface area contributed by atoms with Crippen LogP contribution in [0.25, 0.3) is 10.9 Å². The zero-order chi connectivity index (χ0) is 11.0. The largest absolute Gasteiger partial charge is 0.506 e. The topological polar surface area (TPSA) is 45.4 Å². The van der Waals surface area contributed by atoms with Crippen molar-refractivity contribution < 1.29 is 10.2 Å². The molecule has 2 rings (SSSR count). The predicted octanol–water partition coefficient (Wildman–Crippen LogP) is 2.42. The molecule has 0 amide bonds. The Labute approximate surface area is 88.6 Å². The molecule has 0 saturated heterocycles. The zero-order valence-electron chi connectivity index (χ0n) is 8.94. The van der Waals surface area contributed by atoms with Crippen LogP contribution >= 0.6 is 0 Å². The Kier molecular flexibility index (Phi) is 2.40. The van der Waals surface area contributed by atoms with Crippen LogP contribution in [0.5, 0.6) is 5.75 Å². The number of rotatable bonds is 2. The number of nitrogens with zero attached hydrogens (tertiary/aromatic N) is 1. The standard InChI is InChI=1S/C12H15NO2/c1-3-13-10(8(2)14)7-9-5-4-6-11(15)12(9)13/h4-8,14-15H,3H2,1-2H3. The number of aromatic nitrogens is 1. The Balaban J connectivity index is 2.80. The van der Waals surface area contributed by atoms with Gasteiger partial charge in [0.15, 0.2) is 0 Å². The summed E-state index contributed by atoms with van der Waals surface area (Å²) in [6.07, 6.45) is -0.517. The summed E-state index contributed by atoms with van der Waals surface area (Å²) in [5, 5.41) is 20.4. The Morgan fingerprint density at radius 3 is 2.73 bits per heavy atom. The van der Waals surface area contributed by atoms with Crippen LogP contribution in [0.1, 0.15) is 25.6 Å². The Hall–Kier alpha value is -1.48. The highest BCUT2D eigenvalue weighted by Gasteiger charge is 2.13. The van der Waals surface area contributed by atoms with Crippen molar-refractivity contribution in [2.75, 3.05) is 0 Å². The molecule has 1 aromatic heterocycles. The van der Waals surface area contributed by atoms with Gasteiger partial charge in [-0.25, -0.2) is 0 Å². The third-order valence-corrected chi connectivity index (χ3v) is 2.68. The molecule has 1 atom stereocenters. The molecule has 0 aliphatic rings. The van der Waals surface area contributed by atoms with E-state index in [0.717, 1.165) is 23.1 Å². The SMILES string of the molecule is CCn1c(C(C)O)cc2cccc(O)c21. The second-order valence-corrected chi connectivity index (χ2v) is 3.70. The number of hydrogen-bond acceptors (Lipinski definition) is 2. The number of fused-ring (bicyclic) bond motifs is 1. The number of benzene rings is 1. The van der Waals surface area contributed by atoms with Gasteiger partial charge in [0.2, 0.25) is 0 Å². The Morgan fingerprint density at radius 1 is 1.40 bits per heavy atom. The summed E-state index contributed by atoms with van der Waals surface area (Å²) in [5.74, 6) is 0.265. The van der Waals surface area contributed by atoms with E-state index in [1.54, 1.807) is 13.0 Å². The molecule has 0 fully saturated rings. The summed E-state index contributed by atoms with van der Waals surface area (Å²) >= 11 is 0. The molecule has 0 saturated carbocycles. The summed E-state index contributed by atoms with van der Waals surface area (Å²) in [5.41, 5.74) is 1.64. The van der Waals surface area contributed by atoms with Crippen LogP contribution in [-0.4, -0.2) is 14.8 Å². The highest BCUT2D eigenvalue weighted by Crippen LogP contribution is 2.30. The molecule has 2 N–H and O–H groups in total. The maximum absolute atomic E-state index is 9.78.